The largest absolute Gasteiger partial charge is 0.325 e. The van der Waals surface area contributed by atoms with Crippen molar-refractivity contribution in [1.82, 2.24) is 4.90 Å². The van der Waals surface area contributed by atoms with Crippen molar-refractivity contribution in [1.29, 1.82) is 0 Å². The molecule has 1 aliphatic rings. The van der Waals surface area contributed by atoms with E-state index in [1.165, 1.54) is 18.2 Å². The fourth-order valence-corrected chi connectivity index (χ4v) is 3.41. The van der Waals surface area contributed by atoms with Crippen LogP contribution in [0.3, 0.4) is 0 Å². The highest BCUT2D eigenvalue weighted by Gasteiger charge is 2.21. The quantitative estimate of drug-likeness (QED) is 0.551. The number of nitro groups is 1. The van der Waals surface area contributed by atoms with Crippen molar-refractivity contribution >= 4 is 40.5 Å². The predicted molar refractivity (Wildman–Crippen MR) is 111 cm³/mol. The van der Waals surface area contributed by atoms with E-state index < -0.39 is 4.92 Å². The van der Waals surface area contributed by atoms with Crippen molar-refractivity contribution in [3.8, 4) is 0 Å². The Balaban J connectivity index is 1.56. The van der Waals surface area contributed by atoms with Crippen LogP contribution in [0.15, 0.2) is 42.5 Å². The van der Waals surface area contributed by atoms with Gasteiger partial charge in [-0.2, -0.15) is 0 Å². The number of hydrogen-bond donors (Lipinski definition) is 1. The van der Waals surface area contributed by atoms with Crippen LogP contribution in [0.1, 0.15) is 18.4 Å². The second kappa shape index (κ2) is 9.02. The van der Waals surface area contributed by atoms with E-state index in [0.717, 1.165) is 18.7 Å². The maximum atomic E-state index is 12.3. The summed E-state index contributed by atoms with van der Waals surface area (Å²) in [6.45, 7) is 1.10. The van der Waals surface area contributed by atoms with E-state index in [0.29, 0.717) is 29.2 Å². The molecule has 0 bridgehead atoms. The zero-order valence-electron chi connectivity index (χ0n) is 15.9. The van der Waals surface area contributed by atoms with Crippen molar-refractivity contribution in [2.75, 3.05) is 30.4 Å². The Kier molecular flexibility index (Phi) is 6.46. The van der Waals surface area contributed by atoms with E-state index in [1.807, 2.05) is 12.1 Å². The molecule has 3 rings (SSSR count). The van der Waals surface area contributed by atoms with Gasteiger partial charge in [-0.1, -0.05) is 11.6 Å². The lowest BCUT2D eigenvalue weighted by molar-refractivity contribution is -0.384. The molecule has 2 aromatic rings. The number of nitrogens with one attached hydrogen (secondary N) is 1. The van der Waals surface area contributed by atoms with Crippen LogP contribution in [-0.2, 0) is 16.1 Å². The number of amides is 2. The third-order valence-corrected chi connectivity index (χ3v) is 5.00. The van der Waals surface area contributed by atoms with Gasteiger partial charge < -0.3 is 10.2 Å². The Bertz CT molecular complexity index is 933. The molecular weight excluding hydrogens is 396 g/mol. The molecule has 1 N–H and O–H groups in total. The van der Waals surface area contributed by atoms with Crippen LogP contribution in [0.5, 0.6) is 0 Å². The van der Waals surface area contributed by atoms with Crippen molar-refractivity contribution in [2.24, 2.45) is 0 Å². The van der Waals surface area contributed by atoms with Gasteiger partial charge in [0.05, 0.1) is 11.5 Å². The molecule has 1 fully saturated rings. The Morgan fingerprint density at radius 1 is 1.28 bits per heavy atom. The lowest BCUT2D eigenvalue weighted by atomic mass is 10.2. The molecule has 1 heterocycles. The maximum Gasteiger partial charge on any atom is 0.269 e. The first-order chi connectivity index (χ1) is 13.8. The molecule has 0 saturated carbocycles. The molecule has 1 saturated heterocycles. The summed E-state index contributed by atoms with van der Waals surface area (Å²) in [4.78, 5) is 38.0. The topological polar surface area (TPSA) is 95.8 Å². The van der Waals surface area contributed by atoms with Gasteiger partial charge in [0.2, 0.25) is 11.8 Å². The van der Waals surface area contributed by atoms with Gasteiger partial charge in [-0.05, 0) is 49.4 Å². The number of non-ortho nitro benzene ring substituents is 1. The Morgan fingerprint density at radius 3 is 2.62 bits per heavy atom. The molecule has 1 aliphatic heterocycles. The minimum Gasteiger partial charge on any atom is -0.325 e. The molecule has 0 spiro atoms. The minimum atomic E-state index is -0.480. The standard InChI is InChI=1S/C20H21ClN4O4/c1-23(12-14-11-17(25(28)29)8-9-18(14)21)13-19(26)22-15-4-6-16(7-5-15)24-10-2-3-20(24)27/h4-9,11H,2-3,10,12-13H2,1H3,(H,22,26). The normalized spacial score (nSPS) is 13.8. The van der Waals surface area contributed by atoms with Crippen LogP contribution >= 0.6 is 11.6 Å². The van der Waals surface area contributed by atoms with Crippen molar-refractivity contribution < 1.29 is 14.5 Å². The number of halogens is 1. The van der Waals surface area contributed by atoms with E-state index in [4.69, 9.17) is 11.6 Å². The van der Waals surface area contributed by atoms with Gasteiger partial charge in [0.15, 0.2) is 0 Å². The zero-order chi connectivity index (χ0) is 21.0. The lowest BCUT2D eigenvalue weighted by Gasteiger charge is -2.18. The molecule has 2 aromatic carbocycles. The van der Waals surface area contributed by atoms with E-state index in [-0.39, 0.29) is 24.0 Å². The fraction of sp³-hybridized carbons (Fsp3) is 0.300. The third-order valence-electron chi connectivity index (χ3n) is 4.63. The van der Waals surface area contributed by atoms with E-state index in [2.05, 4.69) is 5.32 Å². The smallest absolute Gasteiger partial charge is 0.269 e. The summed E-state index contributed by atoms with van der Waals surface area (Å²) in [5.74, 6) is -0.109. The summed E-state index contributed by atoms with van der Waals surface area (Å²) in [5.41, 5.74) is 1.99. The van der Waals surface area contributed by atoms with E-state index in [9.17, 15) is 19.7 Å². The SMILES string of the molecule is CN(CC(=O)Nc1ccc(N2CCCC2=O)cc1)Cc1cc([N+](=O)[O-])ccc1Cl. The Hall–Kier alpha value is -2.97. The number of carbonyl (C=O) groups excluding carboxylic acids is 2. The number of benzene rings is 2. The predicted octanol–water partition coefficient (Wildman–Crippen LogP) is 3.45. The highest BCUT2D eigenvalue weighted by molar-refractivity contribution is 6.31. The molecule has 0 atom stereocenters. The van der Waals surface area contributed by atoms with Gasteiger partial charge in [0.1, 0.15) is 0 Å². The van der Waals surface area contributed by atoms with Gasteiger partial charge >= 0.3 is 0 Å². The average molecular weight is 417 g/mol. The molecule has 29 heavy (non-hydrogen) atoms. The number of likely N-dealkylation sites (N-methyl/N-ethyl adjacent to an activating group) is 1. The van der Waals surface area contributed by atoms with Gasteiger partial charge in [0.25, 0.3) is 5.69 Å². The van der Waals surface area contributed by atoms with Crippen LogP contribution < -0.4 is 10.2 Å². The summed E-state index contributed by atoms with van der Waals surface area (Å²) >= 11 is 6.11. The van der Waals surface area contributed by atoms with E-state index in [1.54, 1.807) is 29.0 Å². The molecular formula is C20H21ClN4O4. The summed E-state index contributed by atoms with van der Waals surface area (Å²) in [7, 11) is 1.73. The average Bonchev–Trinajstić information content (AvgIpc) is 3.09. The summed E-state index contributed by atoms with van der Waals surface area (Å²) in [6, 6.07) is 11.4. The van der Waals surface area contributed by atoms with Gasteiger partial charge in [-0.3, -0.25) is 24.6 Å². The van der Waals surface area contributed by atoms with E-state index >= 15 is 0 Å². The molecule has 2 amide bonds. The maximum absolute atomic E-state index is 12.3. The zero-order valence-corrected chi connectivity index (χ0v) is 16.7. The second-order valence-electron chi connectivity index (χ2n) is 6.95. The van der Waals surface area contributed by atoms with Crippen molar-refractivity contribution in [3.05, 3.63) is 63.2 Å². The Morgan fingerprint density at radius 2 is 2.00 bits per heavy atom. The van der Waals surface area contributed by atoms with Crippen LogP contribution in [-0.4, -0.2) is 41.8 Å². The summed E-state index contributed by atoms with van der Waals surface area (Å²) in [6.07, 6.45) is 1.43. The van der Waals surface area contributed by atoms with Crippen LogP contribution in [0.4, 0.5) is 17.1 Å². The first kappa shape index (κ1) is 20.8. The van der Waals surface area contributed by atoms with Crippen LogP contribution in [0.2, 0.25) is 5.02 Å². The van der Waals surface area contributed by atoms with Crippen molar-refractivity contribution in [2.45, 2.75) is 19.4 Å². The van der Waals surface area contributed by atoms with Crippen molar-refractivity contribution in [3.63, 3.8) is 0 Å². The highest BCUT2D eigenvalue weighted by Crippen LogP contribution is 2.24. The summed E-state index contributed by atoms with van der Waals surface area (Å²) < 4.78 is 0. The minimum absolute atomic E-state index is 0.0428. The molecule has 0 aliphatic carbocycles. The lowest BCUT2D eigenvalue weighted by Crippen LogP contribution is -2.30. The monoisotopic (exact) mass is 416 g/mol. The number of carbonyl (C=O) groups is 2. The number of nitro benzene ring substituents is 1. The molecule has 8 nitrogen and oxygen atoms in total. The Labute approximate surface area is 173 Å². The summed E-state index contributed by atoms with van der Waals surface area (Å²) in [5, 5.41) is 14.1. The number of hydrogen-bond acceptors (Lipinski definition) is 5. The molecule has 0 aromatic heterocycles. The molecule has 0 unspecified atom stereocenters. The van der Waals surface area contributed by atoms with Gasteiger partial charge in [-0.15, -0.1) is 0 Å². The van der Waals surface area contributed by atoms with Crippen LogP contribution in [0.25, 0.3) is 0 Å². The third kappa shape index (κ3) is 5.30. The first-order valence-electron chi connectivity index (χ1n) is 9.15. The highest BCUT2D eigenvalue weighted by atomic mass is 35.5. The van der Waals surface area contributed by atoms with Gasteiger partial charge in [0, 0.05) is 48.0 Å². The first-order valence-corrected chi connectivity index (χ1v) is 9.53. The molecule has 0 radical (unpaired) electrons. The molecule has 9 heteroatoms. The second-order valence-corrected chi connectivity index (χ2v) is 7.36. The van der Waals surface area contributed by atoms with Gasteiger partial charge in [-0.25, -0.2) is 0 Å². The molecule has 152 valence electrons. The number of anilines is 2. The number of nitrogens with zero attached hydrogens (tertiary/aromatic N) is 3. The fourth-order valence-electron chi connectivity index (χ4n) is 3.23. The van der Waals surface area contributed by atoms with Crippen LogP contribution in [0, 0.1) is 10.1 Å². The number of rotatable bonds is 7.